The number of nitrogens with zero attached hydrogens (tertiary/aromatic N) is 2. The Morgan fingerprint density at radius 1 is 1.45 bits per heavy atom. The highest BCUT2D eigenvalue weighted by atomic mass is 16.3. The average Bonchev–Trinajstić information content (AvgIpc) is 2.87. The van der Waals surface area contributed by atoms with Gasteiger partial charge in [-0.2, -0.15) is 0 Å². The molecule has 1 aliphatic rings. The fraction of sp³-hybridized carbons (Fsp3) is 0.467. The van der Waals surface area contributed by atoms with Gasteiger partial charge in [0.25, 0.3) is 0 Å². The minimum atomic E-state index is -0.0618. The van der Waals surface area contributed by atoms with Gasteiger partial charge in [0, 0.05) is 13.1 Å². The second-order valence-electron chi connectivity index (χ2n) is 6.12. The zero-order valence-corrected chi connectivity index (χ0v) is 11.8. The number of anilines is 1. The van der Waals surface area contributed by atoms with E-state index in [9.17, 15) is 4.79 Å². The monoisotopic (exact) mass is 273 g/mol. The smallest absolute Gasteiger partial charge is 0.321 e. The molecule has 1 aliphatic heterocycles. The van der Waals surface area contributed by atoms with Gasteiger partial charge in [-0.25, -0.2) is 9.78 Å². The van der Waals surface area contributed by atoms with Crippen LogP contribution < -0.4 is 5.32 Å². The number of rotatable bonds is 1. The number of aromatic nitrogens is 1. The summed E-state index contributed by atoms with van der Waals surface area (Å²) in [7, 11) is 0. The minimum absolute atomic E-state index is 0.0618. The molecule has 1 saturated heterocycles. The Morgan fingerprint density at radius 3 is 3.10 bits per heavy atom. The van der Waals surface area contributed by atoms with Crippen molar-refractivity contribution in [3.05, 3.63) is 24.6 Å². The number of benzene rings is 1. The quantitative estimate of drug-likeness (QED) is 0.865. The summed E-state index contributed by atoms with van der Waals surface area (Å²) in [6, 6.07) is 5.47. The number of amides is 2. The van der Waals surface area contributed by atoms with Crippen LogP contribution in [0.5, 0.6) is 0 Å². The second-order valence-corrected chi connectivity index (χ2v) is 6.12. The van der Waals surface area contributed by atoms with Crippen LogP contribution in [0, 0.1) is 5.41 Å². The maximum absolute atomic E-state index is 12.4. The highest BCUT2D eigenvalue weighted by molar-refractivity contribution is 5.98. The predicted octanol–water partition coefficient (Wildman–Crippen LogP) is 3.48. The SMILES string of the molecule is CC1(C)CCCN(C(=O)Nc2cccc3ocnc23)C1. The zero-order chi connectivity index (χ0) is 14.2. The molecule has 0 unspecified atom stereocenters. The molecule has 1 N–H and O–H groups in total. The summed E-state index contributed by atoms with van der Waals surface area (Å²) in [6.07, 6.45) is 3.61. The Balaban J connectivity index is 1.77. The van der Waals surface area contributed by atoms with Crippen molar-refractivity contribution in [3.8, 4) is 0 Å². The van der Waals surface area contributed by atoms with Gasteiger partial charge in [-0.05, 0) is 30.4 Å². The van der Waals surface area contributed by atoms with Gasteiger partial charge >= 0.3 is 6.03 Å². The topological polar surface area (TPSA) is 58.4 Å². The molecular weight excluding hydrogens is 254 g/mol. The zero-order valence-electron chi connectivity index (χ0n) is 11.8. The Labute approximate surface area is 118 Å². The van der Waals surface area contributed by atoms with E-state index in [4.69, 9.17) is 4.42 Å². The third-order valence-electron chi connectivity index (χ3n) is 3.79. The first kappa shape index (κ1) is 13.0. The number of urea groups is 1. The van der Waals surface area contributed by atoms with Crippen LogP contribution in [0.25, 0.3) is 11.1 Å². The maximum atomic E-state index is 12.4. The van der Waals surface area contributed by atoms with Crippen LogP contribution in [0.2, 0.25) is 0 Å². The highest BCUT2D eigenvalue weighted by Gasteiger charge is 2.29. The number of oxazole rings is 1. The molecule has 3 rings (SSSR count). The van der Waals surface area contributed by atoms with E-state index in [1.54, 1.807) is 0 Å². The van der Waals surface area contributed by atoms with Gasteiger partial charge in [0.15, 0.2) is 12.0 Å². The Morgan fingerprint density at radius 2 is 2.30 bits per heavy atom. The van der Waals surface area contributed by atoms with Gasteiger partial charge in [-0.1, -0.05) is 19.9 Å². The lowest BCUT2D eigenvalue weighted by Gasteiger charge is -2.37. The van der Waals surface area contributed by atoms with Gasteiger partial charge < -0.3 is 14.6 Å². The van der Waals surface area contributed by atoms with E-state index in [1.165, 1.54) is 6.39 Å². The molecule has 0 bridgehead atoms. The molecule has 2 amide bonds. The van der Waals surface area contributed by atoms with Crippen molar-refractivity contribution in [1.29, 1.82) is 0 Å². The van der Waals surface area contributed by atoms with E-state index in [0.29, 0.717) is 16.8 Å². The minimum Gasteiger partial charge on any atom is -0.443 e. The Bertz CT molecular complexity index is 633. The van der Waals surface area contributed by atoms with Gasteiger partial charge in [-0.15, -0.1) is 0 Å². The lowest BCUT2D eigenvalue weighted by Crippen LogP contribution is -2.45. The number of carbonyl (C=O) groups excluding carboxylic acids is 1. The molecule has 1 aromatic carbocycles. The molecule has 2 heterocycles. The molecule has 5 heteroatoms. The molecule has 20 heavy (non-hydrogen) atoms. The van der Waals surface area contributed by atoms with Crippen molar-refractivity contribution in [2.24, 2.45) is 5.41 Å². The molecule has 0 aliphatic carbocycles. The number of likely N-dealkylation sites (tertiary alicyclic amines) is 1. The number of nitrogens with one attached hydrogen (secondary N) is 1. The highest BCUT2D eigenvalue weighted by Crippen LogP contribution is 2.29. The van der Waals surface area contributed by atoms with Crippen LogP contribution in [0.3, 0.4) is 0 Å². The van der Waals surface area contributed by atoms with Gasteiger partial charge in [0.1, 0.15) is 5.52 Å². The number of piperidine rings is 1. The summed E-state index contributed by atoms with van der Waals surface area (Å²) < 4.78 is 5.24. The van der Waals surface area contributed by atoms with Gasteiger partial charge in [0.05, 0.1) is 5.69 Å². The normalized spacial score (nSPS) is 18.2. The number of carbonyl (C=O) groups is 1. The van der Waals surface area contributed by atoms with Crippen LogP contribution in [-0.4, -0.2) is 29.0 Å². The van der Waals surface area contributed by atoms with Crippen LogP contribution in [0.1, 0.15) is 26.7 Å². The molecule has 0 radical (unpaired) electrons. The Hall–Kier alpha value is -2.04. The average molecular weight is 273 g/mol. The van der Waals surface area contributed by atoms with Crippen LogP contribution >= 0.6 is 0 Å². The summed E-state index contributed by atoms with van der Waals surface area (Å²) in [5.41, 5.74) is 2.26. The number of para-hydroxylation sites is 1. The maximum Gasteiger partial charge on any atom is 0.321 e. The van der Waals surface area contributed by atoms with Crippen LogP contribution in [-0.2, 0) is 0 Å². The van der Waals surface area contributed by atoms with E-state index in [-0.39, 0.29) is 11.4 Å². The standard InChI is InChI=1S/C15H19N3O2/c1-15(2)7-4-8-18(9-15)14(19)17-11-5-3-6-12-13(11)16-10-20-12/h3,5-6,10H,4,7-9H2,1-2H3,(H,17,19). The summed E-state index contributed by atoms with van der Waals surface area (Å²) in [6.45, 7) is 5.99. The molecule has 0 atom stereocenters. The van der Waals surface area contributed by atoms with Crippen molar-refractivity contribution in [2.75, 3.05) is 18.4 Å². The molecular formula is C15H19N3O2. The lowest BCUT2D eigenvalue weighted by atomic mass is 9.84. The Kier molecular flexibility index (Phi) is 3.12. The van der Waals surface area contributed by atoms with Gasteiger partial charge in [-0.3, -0.25) is 0 Å². The van der Waals surface area contributed by atoms with Crippen molar-refractivity contribution in [2.45, 2.75) is 26.7 Å². The first-order valence-corrected chi connectivity index (χ1v) is 6.93. The van der Waals surface area contributed by atoms with E-state index in [2.05, 4.69) is 24.1 Å². The molecule has 1 aromatic heterocycles. The van der Waals surface area contributed by atoms with Crippen molar-refractivity contribution in [3.63, 3.8) is 0 Å². The summed E-state index contributed by atoms with van der Waals surface area (Å²) >= 11 is 0. The van der Waals surface area contributed by atoms with E-state index in [1.807, 2.05) is 23.1 Å². The van der Waals surface area contributed by atoms with E-state index >= 15 is 0 Å². The second kappa shape index (κ2) is 4.81. The first-order chi connectivity index (χ1) is 9.55. The molecule has 2 aromatic rings. The van der Waals surface area contributed by atoms with E-state index in [0.717, 1.165) is 25.9 Å². The summed E-state index contributed by atoms with van der Waals surface area (Å²) in [4.78, 5) is 18.4. The van der Waals surface area contributed by atoms with Crippen LogP contribution in [0.15, 0.2) is 29.0 Å². The van der Waals surface area contributed by atoms with Crippen molar-refractivity contribution >= 4 is 22.8 Å². The van der Waals surface area contributed by atoms with Crippen molar-refractivity contribution in [1.82, 2.24) is 9.88 Å². The number of hydrogen-bond donors (Lipinski definition) is 1. The van der Waals surface area contributed by atoms with Crippen LogP contribution in [0.4, 0.5) is 10.5 Å². The van der Waals surface area contributed by atoms with Gasteiger partial charge in [0.2, 0.25) is 0 Å². The van der Waals surface area contributed by atoms with E-state index < -0.39 is 0 Å². The third kappa shape index (κ3) is 2.48. The predicted molar refractivity (Wildman–Crippen MR) is 77.6 cm³/mol. The third-order valence-corrected chi connectivity index (χ3v) is 3.79. The molecule has 0 spiro atoms. The fourth-order valence-electron chi connectivity index (χ4n) is 2.78. The fourth-order valence-corrected chi connectivity index (χ4v) is 2.78. The number of hydrogen-bond acceptors (Lipinski definition) is 3. The molecule has 5 nitrogen and oxygen atoms in total. The number of fused-ring (bicyclic) bond motifs is 1. The largest absolute Gasteiger partial charge is 0.443 e. The van der Waals surface area contributed by atoms with Crippen molar-refractivity contribution < 1.29 is 9.21 Å². The molecule has 0 saturated carbocycles. The molecule has 1 fully saturated rings. The first-order valence-electron chi connectivity index (χ1n) is 6.93. The lowest BCUT2D eigenvalue weighted by molar-refractivity contribution is 0.138. The summed E-state index contributed by atoms with van der Waals surface area (Å²) in [5.74, 6) is 0. The summed E-state index contributed by atoms with van der Waals surface area (Å²) in [5, 5.41) is 2.94. The molecule has 106 valence electrons.